The predicted octanol–water partition coefficient (Wildman–Crippen LogP) is 3.20. The highest BCUT2D eigenvalue weighted by atomic mass is 35.5. The van der Waals surface area contributed by atoms with Crippen LogP contribution in [0.3, 0.4) is 0 Å². The number of ether oxygens (including phenoxy) is 2. The van der Waals surface area contributed by atoms with Crippen LogP contribution >= 0.6 is 11.6 Å². The van der Waals surface area contributed by atoms with Crippen LogP contribution in [0.1, 0.15) is 28.4 Å². The van der Waals surface area contributed by atoms with Gasteiger partial charge >= 0.3 is 5.97 Å². The Morgan fingerprint density at radius 2 is 2.11 bits per heavy atom. The molecule has 3 rings (SSSR count). The number of carbonyl (C=O) groups excluding carboxylic acids is 1. The SMILES string of the molecule is O=C(O)COc1cccc(C(=O)NC2CCOC2c2ccc(Cl)c(F)c2)c1. The van der Waals surface area contributed by atoms with Crippen molar-refractivity contribution in [2.45, 2.75) is 18.6 Å². The van der Waals surface area contributed by atoms with Crippen molar-refractivity contribution in [1.82, 2.24) is 5.32 Å². The molecule has 1 amide bonds. The smallest absolute Gasteiger partial charge is 0.341 e. The average Bonchev–Trinajstić information content (AvgIpc) is 3.10. The van der Waals surface area contributed by atoms with E-state index < -0.39 is 24.5 Å². The maximum atomic E-state index is 13.7. The quantitative estimate of drug-likeness (QED) is 0.787. The van der Waals surface area contributed by atoms with Crippen molar-refractivity contribution in [3.05, 3.63) is 64.4 Å². The highest BCUT2D eigenvalue weighted by molar-refractivity contribution is 6.30. The Bertz CT molecular complexity index is 860. The number of halogens is 2. The van der Waals surface area contributed by atoms with Gasteiger partial charge in [-0.3, -0.25) is 4.79 Å². The fraction of sp³-hybridized carbons (Fsp3) is 0.263. The Labute approximate surface area is 159 Å². The van der Waals surface area contributed by atoms with Crippen molar-refractivity contribution in [2.75, 3.05) is 13.2 Å². The largest absolute Gasteiger partial charge is 0.482 e. The highest BCUT2D eigenvalue weighted by Gasteiger charge is 2.31. The number of carboxylic acids is 1. The molecule has 0 aliphatic carbocycles. The molecule has 1 aliphatic rings. The summed E-state index contributed by atoms with van der Waals surface area (Å²) in [6.45, 7) is -0.0621. The number of carboxylic acid groups (broad SMARTS) is 1. The predicted molar refractivity (Wildman–Crippen MR) is 95.5 cm³/mol. The lowest BCUT2D eigenvalue weighted by atomic mass is 10.0. The Kier molecular flexibility index (Phi) is 5.93. The summed E-state index contributed by atoms with van der Waals surface area (Å²) in [5.74, 6) is -1.72. The minimum atomic E-state index is -1.11. The molecule has 142 valence electrons. The Morgan fingerprint density at radius 3 is 2.85 bits per heavy atom. The standard InChI is InChI=1S/C19H17ClFNO5/c20-14-5-4-11(9-15(14)21)18-16(6-7-26-18)22-19(25)12-2-1-3-13(8-12)27-10-17(23)24/h1-5,8-9,16,18H,6-7,10H2,(H,22,25)(H,23,24). The van der Waals surface area contributed by atoms with Crippen LogP contribution in [0.2, 0.25) is 5.02 Å². The monoisotopic (exact) mass is 393 g/mol. The van der Waals surface area contributed by atoms with Gasteiger partial charge in [-0.15, -0.1) is 0 Å². The Hall–Kier alpha value is -2.64. The molecule has 1 saturated heterocycles. The summed E-state index contributed by atoms with van der Waals surface area (Å²) in [4.78, 5) is 23.1. The van der Waals surface area contributed by atoms with E-state index >= 15 is 0 Å². The van der Waals surface area contributed by atoms with Crippen LogP contribution in [-0.4, -0.2) is 36.2 Å². The minimum absolute atomic E-state index is 0.0236. The topological polar surface area (TPSA) is 84.9 Å². The molecular weight excluding hydrogens is 377 g/mol. The van der Waals surface area contributed by atoms with Crippen LogP contribution in [-0.2, 0) is 9.53 Å². The van der Waals surface area contributed by atoms with Crippen LogP contribution < -0.4 is 10.1 Å². The number of nitrogens with one attached hydrogen (secondary N) is 1. The van der Waals surface area contributed by atoms with E-state index in [9.17, 15) is 14.0 Å². The minimum Gasteiger partial charge on any atom is -0.482 e. The van der Waals surface area contributed by atoms with Crippen molar-refractivity contribution in [1.29, 1.82) is 0 Å². The highest BCUT2D eigenvalue weighted by Crippen LogP contribution is 2.31. The summed E-state index contributed by atoms with van der Waals surface area (Å²) in [7, 11) is 0. The summed E-state index contributed by atoms with van der Waals surface area (Å²) in [6, 6.07) is 10.3. The van der Waals surface area contributed by atoms with E-state index in [1.54, 1.807) is 24.3 Å². The van der Waals surface area contributed by atoms with Crippen molar-refractivity contribution in [3.8, 4) is 5.75 Å². The molecule has 0 radical (unpaired) electrons. The molecule has 1 aliphatic heterocycles. The summed E-state index contributed by atoms with van der Waals surface area (Å²) in [5, 5.41) is 11.6. The van der Waals surface area contributed by atoms with Gasteiger partial charge in [-0.2, -0.15) is 0 Å². The first-order chi connectivity index (χ1) is 12.9. The van der Waals surface area contributed by atoms with Crippen LogP contribution in [0.4, 0.5) is 4.39 Å². The van der Waals surface area contributed by atoms with Gasteiger partial charge in [0.05, 0.1) is 11.1 Å². The third-order valence-electron chi connectivity index (χ3n) is 4.14. The van der Waals surface area contributed by atoms with E-state index in [4.69, 9.17) is 26.2 Å². The number of benzene rings is 2. The lowest BCUT2D eigenvalue weighted by Crippen LogP contribution is -2.36. The van der Waals surface area contributed by atoms with Gasteiger partial charge in [0, 0.05) is 12.2 Å². The molecule has 2 atom stereocenters. The molecule has 1 heterocycles. The van der Waals surface area contributed by atoms with Gasteiger partial charge in [0.1, 0.15) is 17.7 Å². The molecule has 0 saturated carbocycles. The molecule has 2 N–H and O–H groups in total. The van der Waals surface area contributed by atoms with E-state index in [0.29, 0.717) is 24.2 Å². The summed E-state index contributed by atoms with van der Waals surface area (Å²) in [6.07, 6.45) is 0.0997. The first-order valence-corrected chi connectivity index (χ1v) is 8.64. The number of carbonyl (C=O) groups is 2. The van der Waals surface area contributed by atoms with Crippen LogP contribution in [0.5, 0.6) is 5.75 Å². The van der Waals surface area contributed by atoms with Crippen molar-refractivity contribution < 1.29 is 28.6 Å². The second kappa shape index (κ2) is 8.37. The Morgan fingerprint density at radius 1 is 1.30 bits per heavy atom. The molecule has 0 spiro atoms. The number of hydrogen-bond donors (Lipinski definition) is 2. The first-order valence-electron chi connectivity index (χ1n) is 8.26. The maximum absolute atomic E-state index is 13.7. The molecule has 0 aromatic heterocycles. The average molecular weight is 394 g/mol. The van der Waals surface area contributed by atoms with Gasteiger partial charge < -0.3 is 19.9 Å². The van der Waals surface area contributed by atoms with E-state index in [1.807, 2.05) is 0 Å². The lowest BCUT2D eigenvalue weighted by molar-refractivity contribution is -0.139. The number of hydrogen-bond acceptors (Lipinski definition) is 4. The maximum Gasteiger partial charge on any atom is 0.341 e. The lowest BCUT2D eigenvalue weighted by Gasteiger charge is -2.20. The summed E-state index contributed by atoms with van der Waals surface area (Å²) in [5.41, 5.74) is 0.920. The molecule has 2 unspecified atom stereocenters. The molecule has 2 aromatic carbocycles. The first kappa shape index (κ1) is 19.1. The fourth-order valence-corrected chi connectivity index (χ4v) is 3.00. The van der Waals surface area contributed by atoms with Crippen LogP contribution in [0.15, 0.2) is 42.5 Å². The van der Waals surface area contributed by atoms with Gasteiger partial charge in [-0.1, -0.05) is 23.7 Å². The zero-order valence-corrected chi connectivity index (χ0v) is 14.9. The third-order valence-corrected chi connectivity index (χ3v) is 4.45. The number of amides is 1. The molecule has 6 nitrogen and oxygen atoms in total. The molecule has 1 fully saturated rings. The second-order valence-corrected chi connectivity index (χ2v) is 6.45. The van der Waals surface area contributed by atoms with E-state index in [-0.39, 0.29) is 22.7 Å². The fourth-order valence-electron chi connectivity index (χ4n) is 2.88. The number of aliphatic carboxylic acids is 1. The zero-order chi connectivity index (χ0) is 19.4. The van der Waals surface area contributed by atoms with Crippen molar-refractivity contribution >= 4 is 23.5 Å². The van der Waals surface area contributed by atoms with Gasteiger partial charge in [-0.05, 0) is 42.3 Å². The van der Waals surface area contributed by atoms with Gasteiger partial charge in [0.15, 0.2) is 6.61 Å². The van der Waals surface area contributed by atoms with E-state index in [0.717, 1.165) is 0 Å². The second-order valence-electron chi connectivity index (χ2n) is 6.04. The summed E-state index contributed by atoms with van der Waals surface area (Å²) < 4.78 is 24.5. The third kappa shape index (κ3) is 4.75. The number of rotatable bonds is 6. The van der Waals surface area contributed by atoms with E-state index in [2.05, 4.69) is 5.32 Å². The van der Waals surface area contributed by atoms with Crippen molar-refractivity contribution in [3.63, 3.8) is 0 Å². The molecular formula is C19H17ClFNO5. The van der Waals surface area contributed by atoms with Crippen LogP contribution in [0.25, 0.3) is 0 Å². The molecule has 27 heavy (non-hydrogen) atoms. The van der Waals surface area contributed by atoms with E-state index in [1.165, 1.54) is 18.2 Å². The van der Waals surface area contributed by atoms with Gasteiger partial charge in [-0.25, -0.2) is 9.18 Å². The van der Waals surface area contributed by atoms with Gasteiger partial charge in [0.2, 0.25) is 0 Å². The molecule has 2 aromatic rings. The zero-order valence-electron chi connectivity index (χ0n) is 14.2. The molecule has 0 bridgehead atoms. The van der Waals surface area contributed by atoms with Crippen molar-refractivity contribution in [2.24, 2.45) is 0 Å². The van der Waals surface area contributed by atoms with Crippen LogP contribution in [0, 0.1) is 5.82 Å². The Balaban J connectivity index is 1.70. The molecule has 8 heteroatoms. The van der Waals surface area contributed by atoms with Gasteiger partial charge in [0.25, 0.3) is 5.91 Å². The normalized spacial score (nSPS) is 18.9. The summed E-state index contributed by atoms with van der Waals surface area (Å²) >= 11 is 5.71.